The molecule has 8 heteroatoms. The molecule has 0 spiro atoms. The molecule has 4 N–H and O–H groups in total. The van der Waals surface area contributed by atoms with E-state index in [0.717, 1.165) is 39.0 Å². The van der Waals surface area contributed by atoms with Gasteiger partial charge in [-0.1, -0.05) is 18.2 Å². The number of nitrogens with one attached hydrogen (secondary N) is 3. The topological polar surface area (TPSA) is 120 Å². The molecule has 0 radical (unpaired) electrons. The SMILES string of the molecule is COc1ccc(-c2n[nH]c(C)c2CC(=O)N[C@@H](Cc2c[nH]c3ccccc23)C(=O)O)cc1. The molecular weight excluding hydrogens is 408 g/mol. The first-order valence-electron chi connectivity index (χ1n) is 10.2. The van der Waals surface area contributed by atoms with E-state index in [1.165, 1.54) is 0 Å². The molecule has 32 heavy (non-hydrogen) atoms. The van der Waals surface area contributed by atoms with Crippen molar-refractivity contribution in [2.24, 2.45) is 0 Å². The number of carbonyl (C=O) groups is 2. The summed E-state index contributed by atoms with van der Waals surface area (Å²) in [4.78, 5) is 27.8. The summed E-state index contributed by atoms with van der Waals surface area (Å²) in [5, 5.41) is 20.6. The zero-order chi connectivity index (χ0) is 22.7. The lowest BCUT2D eigenvalue weighted by Crippen LogP contribution is -2.43. The third-order valence-electron chi connectivity index (χ3n) is 5.51. The predicted molar refractivity (Wildman–Crippen MR) is 121 cm³/mol. The van der Waals surface area contributed by atoms with Crippen LogP contribution in [0, 0.1) is 6.92 Å². The zero-order valence-corrected chi connectivity index (χ0v) is 17.8. The van der Waals surface area contributed by atoms with Crippen molar-refractivity contribution in [3.63, 3.8) is 0 Å². The Morgan fingerprint density at radius 1 is 1.16 bits per heavy atom. The van der Waals surface area contributed by atoms with Crippen molar-refractivity contribution in [1.82, 2.24) is 20.5 Å². The van der Waals surface area contributed by atoms with E-state index in [4.69, 9.17) is 4.74 Å². The number of benzene rings is 2. The van der Waals surface area contributed by atoms with Crippen molar-refractivity contribution in [2.45, 2.75) is 25.8 Å². The fraction of sp³-hybridized carbons (Fsp3) is 0.208. The number of methoxy groups -OCH3 is 1. The van der Waals surface area contributed by atoms with Crippen LogP contribution >= 0.6 is 0 Å². The Labute approximate surface area is 184 Å². The smallest absolute Gasteiger partial charge is 0.326 e. The summed E-state index contributed by atoms with van der Waals surface area (Å²) in [6.45, 7) is 1.84. The largest absolute Gasteiger partial charge is 0.497 e. The molecule has 1 atom stereocenters. The number of carboxylic acids is 1. The average molecular weight is 432 g/mol. The summed E-state index contributed by atoms with van der Waals surface area (Å²) in [7, 11) is 1.60. The maximum Gasteiger partial charge on any atom is 0.326 e. The van der Waals surface area contributed by atoms with E-state index in [1.807, 2.05) is 55.5 Å². The Kier molecular flexibility index (Phi) is 5.93. The summed E-state index contributed by atoms with van der Waals surface area (Å²) in [6, 6.07) is 14.0. The van der Waals surface area contributed by atoms with Crippen LogP contribution < -0.4 is 10.1 Å². The van der Waals surface area contributed by atoms with Gasteiger partial charge in [0.1, 0.15) is 11.8 Å². The molecule has 0 fully saturated rings. The van der Waals surface area contributed by atoms with Gasteiger partial charge >= 0.3 is 5.97 Å². The van der Waals surface area contributed by atoms with Crippen LogP contribution in [-0.2, 0) is 22.4 Å². The first kappa shape index (κ1) is 21.2. The van der Waals surface area contributed by atoms with Gasteiger partial charge in [-0.05, 0) is 42.8 Å². The molecular formula is C24H24N4O4. The van der Waals surface area contributed by atoms with E-state index in [0.29, 0.717) is 5.69 Å². The molecule has 2 heterocycles. The highest BCUT2D eigenvalue weighted by molar-refractivity contribution is 5.88. The standard InChI is InChI=1S/C24H24N4O4/c1-14-19(23(28-27-14)15-7-9-17(32-2)10-8-15)12-22(29)26-21(24(30)31)11-16-13-25-20-6-4-3-5-18(16)20/h3-10,13,21,25H,11-12H2,1-2H3,(H,26,29)(H,27,28)(H,30,31)/t21-/m0/s1. The molecule has 0 aliphatic heterocycles. The number of fused-ring (bicyclic) bond motifs is 1. The van der Waals surface area contributed by atoms with Crippen LogP contribution in [0.5, 0.6) is 5.75 Å². The van der Waals surface area contributed by atoms with Gasteiger partial charge in [0.2, 0.25) is 5.91 Å². The number of hydrogen-bond acceptors (Lipinski definition) is 4. The molecule has 2 aromatic heterocycles. The van der Waals surface area contributed by atoms with Gasteiger partial charge in [0, 0.05) is 40.3 Å². The molecule has 8 nitrogen and oxygen atoms in total. The first-order valence-corrected chi connectivity index (χ1v) is 10.2. The van der Waals surface area contributed by atoms with Crippen LogP contribution in [0.15, 0.2) is 54.7 Å². The lowest BCUT2D eigenvalue weighted by Gasteiger charge is -2.15. The number of H-pyrrole nitrogens is 2. The number of aromatic amines is 2. The van der Waals surface area contributed by atoms with Crippen molar-refractivity contribution in [2.75, 3.05) is 7.11 Å². The maximum absolute atomic E-state index is 12.8. The Morgan fingerprint density at radius 2 is 1.91 bits per heavy atom. The second-order valence-electron chi connectivity index (χ2n) is 7.60. The highest BCUT2D eigenvalue weighted by Gasteiger charge is 2.23. The summed E-state index contributed by atoms with van der Waals surface area (Å²) in [6.07, 6.45) is 1.98. The van der Waals surface area contributed by atoms with Crippen LogP contribution in [0.25, 0.3) is 22.2 Å². The summed E-state index contributed by atoms with van der Waals surface area (Å²) < 4.78 is 5.19. The normalized spacial score (nSPS) is 11.9. The predicted octanol–water partition coefficient (Wildman–Crippen LogP) is 3.23. The monoisotopic (exact) mass is 432 g/mol. The lowest BCUT2D eigenvalue weighted by atomic mass is 10.0. The molecule has 0 saturated carbocycles. The zero-order valence-electron chi connectivity index (χ0n) is 17.8. The molecule has 164 valence electrons. The quantitative estimate of drug-likeness (QED) is 0.341. The Balaban J connectivity index is 1.50. The maximum atomic E-state index is 12.8. The van der Waals surface area contributed by atoms with Gasteiger partial charge in [0.15, 0.2) is 0 Å². The second-order valence-corrected chi connectivity index (χ2v) is 7.60. The summed E-state index contributed by atoms with van der Waals surface area (Å²) in [5.41, 5.74) is 4.75. The minimum Gasteiger partial charge on any atom is -0.497 e. The highest BCUT2D eigenvalue weighted by Crippen LogP contribution is 2.26. The Bertz CT molecular complexity index is 1260. The summed E-state index contributed by atoms with van der Waals surface area (Å²) in [5.74, 6) is -0.735. The number of carbonyl (C=O) groups excluding carboxylic acids is 1. The number of aryl methyl sites for hydroxylation is 1. The number of carboxylic acid groups (broad SMARTS) is 1. The van der Waals surface area contributed by atoms with E-state index in [1.54, 1.807) is 13.3 Å². The number of aromatic nitrogens is 3. The number of amides is 1. The van der Waals surface area contributed by atoms with Crippen LogP contribution in [0.1, 0.15) is 16.8 Å². The Hall–Kier alpha value is -4.07. The molecule has 0 aliphatic carbocycles. The molecule has 0 unspecified atom stereocenters. The molecule has 4 rings (SSSR count). The summed E-state index contributed by atoms with van der Waals surface area (Å²) >= 11 is 0. The number of nitrogens with zero attached hydrogens (tertiary/aromatic N) is 1. The van der Waals surface area contributed by atoms with Gasteiger partial charge in [0.05, 0.1) is 19.2 Å². The number of aliphatic carboxylic acids is 1. The van der Waals surface area contributed by atoms with Crippen LogP contribution in [0.2, 0.25) is 0 Å². The minimum absolute atomic E-state index is 0.0152. The molecule has 0 aliphatic rings. The number of hydrogen-bond donors (Lipinski definition) is 4. The van der Waals surface area contributed by atoms with Crippen LogP contribution in [0.4, 0.5) is 0 Å². The van der Waals surface area contributed by atoms with E-state index in [2.05, 4.69) is 20.5 Å². The minimum atomic E-state index is -1.08. The molecule has 2 aromatic carbocycles. The number of ether oxygens (including phenoxy) is 1. The van der Waals surface area contributed by atoms with Crippen molar-refractivity contribution < 1.29 is 19.4 Å². The third kappa shape index (κ3) is 4.34. The van der Waals surface area contributed by atoms with Crippen LogP contribution in [0.3, 0.4) is 0 Å². The second kappa shape index (κ2) is 8.97. The van der Waals surface area contributed by atoms with Gasteiger partial charge in [-0.3, -0.25) is 9.89 Å². The first-order chi connectivity index (χ1) is 15.5. The highest BCUT2D eigenvalue weighted by atomic mass is 16.5. The van der Waals surface area contributed by atoms with Crippen molar-refractivity contribution in [1.29, 1.82) is 0 Å². The third-order valence-corrected chi connectivity index (χ3v) is 5.51. The van der Waals surface area contributed by atoms with E-state index < -0.39 is 12.0 Å². The fourth-order valence-electron chi connectivity index (χ4n) is 3.78. The average Bonchev–Trinajstić information content (AvgIpc) is 3.37. The van der Waals surface area contributed by atoms with Gasteiger partial charge in [-0.25, -0.2) is 4.79 Å². The lowest BCUT2D eigenvalue weighted by molar-refractivity contribution is -0.141. The van der Waals surface area contributed by atoms with Crippen molar-refractivity contribution >= 4 is 22.8 Å². The van der Waals surface area contributed by atoms with Crippen molar-refractivity contribution in [3.05, 3.63) is 71.5 Å². The van der Waals surface area contributed by atoms with E-state index >= 15 is 0 Å². The molecule has 4 aromatic rings. The molecule has 0 saturated heterocycles. The number of para-hydroxylation sites is 1. The van der Waals surface area contributed by atoms with Gasteiger partial charge in [-0.2, -0.15) is 5.10 Å². The van der Waals surface area contributed by atoms with E-state index in [-0.39, 0.29) is 18.7 Å². The number of rotatable bonds is 8. The van der Waals surface area contributed by atoms with Crippen molar-refractivity contribution in [3.8, 4) is 17.0 Å². The van der Waals surface area contributed by atoms with E-state index in [9.17, 15) is 14.7 Å². The van der Waals surface area contributed by atoms with Gasteiger partial charge < -0.3 is 20.1 Å². The van der Waals surface area contributed by atoms with Gasteiger partial charge in [-0.15, -0.1) is 0 Å². The van der Waals surface area contributed by atoms with Gasteiger partial charge in [0.25, 0.3) is 0 Å². The molecule has 0 bridgehead atoms. The van der Waals surface area contributed by atoms with Crippen LogP contribution in [-0.4, -0.2) is 45.3 Å². The molecule has 1 amide bonds. The fourth-order valence-corrected chi connectivity index (χ4v) is 3.78. The Morgan fingerprint density at radius 3 is 2.62 bits per heavy atom.